The minimum absolute atomic E-state index is 0.723. The topological polar surface area (TPSA) is 47.7 Å². The molecule has 0 atom stereocenters. The molecule has 16 heavy (non-hydrogen) atoms. The third kappa shape index (κ3) is 2.65. The van der Waals surface area contributed by atoms with Crippen LogP contribution in [0.1, 0.15) is 5.56 Å². The van der Waals surface area contributed by atoms with Crippen molar-refractivity contribution in [2.45, 2.75) is 6.54 Å². The van der Waals surface area contributed by atoms with Gasteiger partial charge < -0.3 is 15.2 Å². The molecule has 1 aliphatic heterocycles. The average molecular weight is 222 g/mol. The summed E-state index contributed by atoms with van der Waals surface area (Å²) in [5.74, 6) is 0.953. The molecular formula is C12H18N2O2. The van der Waals surface area contributed by atoms with Crippen LogP contribution < -0.4 is 10.5 Å². The molecule has 2 N–H and O–H groups in total. The summed E-state index contributed by atoms with van der Waals surface area (Å²) >= 11 is 0. The maximum absolute atomic E-state index is 5.78. The minimum Gasteiger partial charge on any atom is -0.492 e. The van der Waals surface area contributed by atoms with Crippen molar-refractivity contribution >= 4 is 5.69 Å². The van der Waals surface area contributed by atoms with Crippen molar-refractivity contribution in [3.05, 3.63) is 23.8 Å². The number of anilines is 1. The highest BCUT2D eigenvalue weighted by Crippen LogP contribution is 2.24. The highest BCUT2D eigenvalue weighted by Gasteiger charge is 2.14. The van der Waals surface area contributed by atoms with E-state index in [1.54, 1.807) is 7.11 Å². The van der Waals surface area contributed by atoms with Crippen LogP contribution in [0, 0.1) is 0 Å². The summed E-state index contributed by atoms with van der Waals surface area (Å²) in [5.41, 5.74) is 7.73. The van der Waals surface area contributed by atoms with Crippen LogP contribution >= 0.6 is 0 Å². The molecule has 0 saturated heterocycles. The first-order chi connectivity index (χ1) is 7.79. The smallest absolute Gasteiger partial charge is 0.124 e. The number of rotatable bonds is 3. The van der Waals surface area contributed by atoms with Gasteiger partial charge in [-0.1, -0.05) is 0 Å². The molecule has 2 rings (SSSR count). The number of fused-ring (bicyclic) bond motifs is 1. The third-order valence-electron chi connectivity index (χ3n) is 2.76. The fourth-order valence-corrected chi connectivity index (χ4v) is 1.88. The van der Waals surface area contributed by atoms with E-state index in [1.807, 2.05) is 18.2 Å². The lowest BCUT2D eigenvalue weighted by Crippen LogP contribution is -2.29. The number of hydrogen-bond acceptors (Lipinski definition) is 4. The van der Waals surface area contributed by atoms with E-state index in [0.717, 1.165) is 49.8 Å². The van der Waals surface area contributed by atoms with E-state index in [2.05, 4.69) is 4.90 Å². The molecule has 4 heteroatoms. The Morgan fingerprint density at radius 3 is 3.19 bits per heavy atom. The molecule has 0 radical (unpaired) electrons. The van der Waals surface area contributed by atoms with Gasteiger partial charge in [0.15, 0.2) is 0 Å². The SMILES string of the molecule is COCCN1CCOc2ccc(N)cc2C1. The number of ether oxygens (including phenoxy) is 2. The number of hydrogen-bond donors (Lipinski definition) is 1. The van der Waals surface area contributed by atoms with Crippen molar-refractivity contribution < 1.29 is 9.47 Å². The van der Waals surface area contributed by atoms with E-state index in [0.29, 0.717) is 0 Å². The third-order valence-corrected chi connectivity index (χ3v) is 2.76. The Balaban J connectivity index is 2.10. The highest BCUT2D eigenvalue weighted by atomic mass is 16.5. The molecule has 0 unspecified atom stereocenters. The maximum atomic E-state index is 5.78. The van der Waals surface area contributed by atoms with Gasteiger partial charge in [-0.2, -0.15) is 0 Å². The summed E-state index contributed by atoms with van der Waals surface area (Å²) in [6, 6.07) is 5.81. The van der Waals surface area contributed by atoms with E-state index >= 15 is 0 Å². The summed E-state index contributed by atoms with van der Waals surface area (Å²) in [4.78, 5) is 2.31. The second-order valence-electron chi connectivity index (χ2n) is 3.98. The Morgan fingerprint density at radius 1 is 1.50 bits per heavy atom. The first-order valence-corrected chi connectivity index (χ1v) is 5.52. The molecule has 88 valence electrons. The summed E-state index contributed by atoms with van der Waals surface area (Å²) in [7, 11) is 1.72. The number of nitrogens with two attached hydrogens (primary N) is 1. The van der Waals surface area contributed by atoms with Crippen LogP contribution in [0.3, 0.4) is 0 Å². The van der Waals surface area contributed by atoms with Gasteiger partial charge in [0.2, 0.25) is 0 Å². The largest absolute Gasteiger partial charge is 0.492 e. The van der Waals surface area contributed by atoms with Crippen molar-refractivity contribution in [3.63, 3.8) is 0 Å². The average Bonchev–Trinajstić information content (AvgIpc) is 2.47. The standard InChI is InChI=1S/C12H18N2O2/c1-15-6-4-14-5-7-16-12-3-2-11(13)8-10(12)9-14/h2-3,8H,4-7,9,13H2,1H3. The highest BCUT2D eigenvalue weighted by molar-refractivity contribution is 5.48. The number of nitrogen functional groups attached to an aromatic ring is 1. The molecule has 0 saturated carbocycles. The van der Waals surface area contributed by atoms with Gasteiger partial charge in [0.05, 0.1) is 6.61 Å². The van der Waals surface area contributed by atoms with E-state index < -0.39 is 0 Å². The van der Waals surface area contributed by atoms with Gasteiger partial charge in [-0.05, 0) is 18.2 Å². The van der Waals surface area contributed by atoms with E-state index in [4.69, 9.17) is 15.2 Å². The first kappa shape index (κ1) is 11.2. The Kier molecular flexibility index (Phi) is 3.64. The molecule has 4 nitrogen and oxygen atoms in total. The van der Waals surface area contributed by atoms with E-state index in [9.17, 15) is 0 Å². The first-order valence-electron chi connectivity index (χ1n) is 5.52. The van der Waals surface area contributed by atoms with Crippen LogP contribution in [0.15, 0.2) is 18.2 Å². The van der Waals surface area contributed by atoms with Gasteiger partial charge in [0.25, 0.3) is 0 Å². The van der Waals surface area contributed by atoms with Crippen molar-refractivity contribution in [1.29, 1.82) is 0 Å². The fourth-order valence-electron chi connectivity index (χ4n) is 1.88. The molecule has 0 fully saturated rings. The summed E-state index contributed by atoms with van der Waals surface area (Å²) in [6.07, 6.45) is 0. The molecule has 0 bridgehead atoms. The Bertz CT molecular complexity index is 353. The van der Waals surface area contributed by atoms with Crippen LogP contribution in [0.25, 0.3) is 0 Å². The van der Waals surface area contributed by atoms with Crippen LogP contribution in [0.2, 0.25) is 0 Å². The number of methoxy groups -OCH3 is 1. The molecule has 1 aliphatic rings. The van der Waals surface area contributed by atoms with Crippen LogP contribution in [-0.4, -0.2) is 38.3 Å². The van der Waals surface area contributed by atoms with Crippen molar-refractivity contribution in [2.24, 2.45) is 0 Å². The number of benzene rings is 1. The van der Waals surface area contributed by atoms with Crippen molar-refractivity contribution in [1.82, 2.24) is 4.90 Å². The van der Waals surface area contributed by atoms with Crippen LogP contribution in [0.5, 0.6) is 5.75 Å². The summed E-state index contributed by atoms with van der Waals surface area (Å²) in [5, 5.41) is 0. The predicted octanol–water partition coefficient (Wildman–Crippen LogP) is 1.11. The molecular weight excluding hydrogens is 204 g/mol. The molecule has 0 spiro atoms. The van der Waals surface area contributed by atoms with Gasteiger partial charge >= 0.3 is 0 Å². The zero-order valence-corrected chi connectivity index (χ0v) is 9.61. The normalized spacial score (nSPS) is 16.3. The van der Waals surface area contributed by atoms with E-state index in [-0.39, 0.29) is 0 Å². The zero-order chi connectivity index (χ0) is 11.4. The second-order valence-corrected chi connectivity index (χ2v) is 3.98. The lowest BCUT2D eigenvalue weighted by Gasteiger charge is -2.18. The fraction of sp³-hybridized carbons (Fsp3) is 0.500. The van der Waals surface area contributed by atoms with Gasteiger partial charge in [0, 0.05) is 38.0 Å². The molecule has 1 heterocycles. The molecule has 0 amide bonds. The summed E-state index contributed by atoms with van der Waals surface area (Å²) < 4.78 is 10.8. The quantitative estimate of drug-likeness (QED) is 0.778. The monoisotopic (exact) mass is 222 g/mol. The van der Waals surface area contributed by atoms with Crippen molar-refractivity contribution in [2.75, 3.05) is 39.1 Å². The Hall–Kier alpha value is -1.26. The molecule has 1 aromatic rings. The van der Waals surface area contributed by atoms with Crippen LogP contribution in [-0.2, 0) is 11.3 Å². The second kappa shape index (κ2) is 5.18. The van der Waals surface area contributed by atoms with Crippen LogP contribution in [0.4, 0.5) is 5.69 Å². The van der Waals surface area contributed by atoms with Crippen molar-refractivity contribution in [3.8, 4) is 5.75 Å². The summed E-state index contributed by atoms with van der Waals surface area (Å²) in [6.45, 7) is 4.20. The zero-order valence-electron chi connectivity index (χ0n) is 9.61. The van der Waals surface area contributed by atoms with Gasteiger partial charge in [0.1, 0.15) is 12.4 Å². The maximum Gasteiger partial charge on any atom is 0.124 e. The lowest BCUT2D eigenvalue weighted by atomic mass is 10.1. The lowest BCUT2D eigenvalue weighted by molar-refractivity contribution is 0.138. The number of nitrogens with zero attached hydrogens (tertiary/aromatic N) is 1. The molecule has 1 aromatic carbocycles. The van der Waals surface area contributed by atoms with Gasteiger partial charge in [-0.15, -0.1) is 0 Å². The molecule has 0 aromatic heterocycles. The van der Waals surface area contributed by atoms with E-state index in [1.165, 1.54) is 0 Å². The Morgan fingerprint density at radius 2 is 2.38 bits per heavy atom. The van der Waals surface area contributed by atoms with Gasteiger partial charge in [-0.3, -0.25) is 4.90 Å². The Labute approximate surface area is 95.9 Å². The molecule has 0 aliphatic carbocycles. The van der Waals surface area contributed by atoms with Gasteiger partial charge in [-0.25, -0.2) is 0 Å². The minimum atomic E-state index is 0.723. The predicted molar refractivity (Wildman–Crippen MR) is 63.5 cm³/mol.